The van der Waals surface area contributed by atoms with Crippen molar-refractivity contribution >= 4 is 16.0 Å². The van der Waals surface area contributed by atoms with E-state index in [0.717, 1.165) is 30.9 Å². The molecule has 1 aromatic rings. The van der Waals surface area contributed by atoms with Crippen LogP contribution in [0.4, 0.5) is 0 Å². The average Bonchev–Trinajstić information content (AvgIpc) is 2.68. The number of guanidine groups is 1. The molecule has 1 atom stereocenters. The summed E-state index contributed by atoms with van der Waals surface area (Å²) in [7, 11) is 0.282. The highest BCUT2D eigenvalue weighted by Gasteiger charge is 2.24. The smallest absolute Gasteiger partial charge is 0.211 e. The topological polar surface area (TPSA) is 92.3 Å². The fraction of sp³-hybridized carbons (Fsp3) is 0.632. The number of aliphatic imine (C=N–C) groups is 1. The number of piperidine rings is 1. The molecule has 1 aliphatic heterocycles. The number of nitrogens with zero attached hydrogens (tertiary/aromatic N) is 2. The zero-order valence-corrected chi connectivity index (χ0v) is 18.0. The van der Waals surface area contributed by atoms with Gasteiger partial charge in [0.25, 0.3) is 0 Å². The maximum atomic E-state index is 11.6. The lowest BCUT2D eigenvalue weighted by atomic mass is 9.98. The van der Waals surface area contributed by atoms with Gasteiger partial charge in [-0.3, -0.25) is 4.99 Å². The molecule has 0 bridgehead atoms. The first-order valence-corrected chi connectivity index (χ1v) is 11.4. The largest absolute Gasteiger partial charge is 0.497 e. The van der Waals surface area contributed by atoms with Crippen molar-refractivity contribution in [3.63, 3.8) is 0 Å². The molecule has 0 aromatic heterocycles. The van der Waals surface area contributed by atoms with E-state index in [1.165, 1.54) is 6.26 Å². The van der Waals surface area contributed by atoms with Gasteiger partial charge in [0, 0.05) is 32.7 Å². The van der Waals surface area contributed by atoms with E-state index in [2.05, 4.69) is 15.6 Å². The number of methoxy groups -OCH3 is 1. The highest BCUT2D eigenvalue weighted by atomic mass is 32.2. The molecular weight excluding hydrogens is 380 g/mol. The van der Waals surface area contributed by atoms with Crippen LogP contribution in [0.5, 0.6) is 11.5 Å². The third-order valence-corrected chi connectivity index (χ3v) is 6.06. The van der Waals surface area contributed by atoms with Crippen LogP contribution in [0.15, 0.2) is 29.3 Å². The molecule has 1 unspecified atom stereocenters. The number of nitrogens with one attached hydrogen (secondary N) is 2. The van der Waals surface area contributed by atoms with E-state index in [4.69, 9.17) is 9.47 Å². The van der Waals surface area contributed by atoms with E-state index in [0.29, 0.717) is 31.5 Å². The lowest BCUT2D eigenvalue weighted by Gasteiger charge is -2.30. The molecule has 0 spiro atoms. The Morgan fingerprint density at radius 3 is 2.57 bits per heavy atom. The highest BCUT2D eigenvalue weighted by molar-refractivity contribution is 7.88. The van der Waals surface area contributed by atoms with Gasteiger partial charge in [0.05, 0.1) is 19.9 Å². The van der Waals surface area contributed by atoms with Crippen molar-refractivity contribution in [3.8, 4) is 11.5 Å². The summed E-state index contributed by atoms with van der Waals surface area (Å²) in [5, 5.41) is 6.59. The summed E-state index contributed by atoms with van der Waals surface area (Å²) in [5.41, 5.74) is 0. The molecular formula is C19H32N4O4S. The van der Waals surface area contributed by atoms with Gasteiger partial charge in [-0.15, -0.1) is 0 Å². The zero-order valence-electron chi connectivity index (χ0n) is 17.1. The van der Waals surface area contributed by atoms with Crippen LogP contribution in [-0.2, 0) is 10.0 Å². The lowest BCUT2D eigenvalue weighted by Crippen LogP contribution is -2.45. The average molecular weight is 413 g/mol. The highest BCUT2D eigenvalue weighted by Crippen LogP contribution is 2.20. The van der Waals surface area contributed by atoms with Crippen molar-refractivity contribution < 1.29 is 17.9 Å². The van der Waals surface area contributed by atoms with E-state index >= 15 is 0 Å². The molecule has 158 valence electrons. The first-order chi connectivity index (χ1) is 13.3. The van der Waals surface area contributed by atoms with Crippen LogP contribution in [0.25, 0.3) is 0 Å². The molecule has 8 nitrogen and oxygen atoms in total. The molecule has 1 heterocycles. The van der Waals surface area contributed by atoms with Crippen molar-refractivity contribution in [2.75, 3.05) is 46.6 Å². The number of ether oxygens (including phenoxy) is 2. The second-order valence-corrected chi connectivity index (χ2v) is 9.03. The first-order valence-electron chi connectivity index (χ1n) is 9.52. The number of hydrogen-bond donors (Lipinski definition) is 2. The second-order valence-electron chi connectivity index (χ2n) is 7.05. The fourth-order valence-corrected chi connectivity index (χ4v) is 3.97. The third-order valence-electron chi connectivity index (χ3n) is 4.76. The monoisotopic (exact) mass is 412 g/mol. The minimum absolute atomic E-state index is 0.0522. The van der Waals surface area contributed by atoms with Crippen LogP contribution in [0, 0.1) is 5.92 Å². The van der Waals surface area contributed by atoms with Crippen molar-refractivity contribution in [1.82, 2.24) is 14.9 Å². The number of sulfonamides is 1. The van der Waals surface area contributed by atoms with Crippen molar-refractivity contribution in [2.24, 2.45) is 10.9 Å². The molecule has 9 heteroatoms. The molecule has 1 aliphatic rings. The normalized spacial score (nSPS) is 17.8. The van der Waals surface area contributed by atoms with Crippen LogP contribution in [0.3, 0.4) is 0 Å². The zero-order chi connectivity index (χ0) is 20.6. The van der Waals surface area contributed by atoms with E-state index in [1.807, 2.05) is 31.2 Å². The van der Waals surface area contributed by atoms with Crippen LogP contribution in [-0.4, -0.2) is 71.4 Å². The maximum absolute atomic E-state index is 11.6. The quantitative estimate of drug-likeness (QED) is 0.494. The second kappa shape index (κ2) is 10.5. The molecule has 2 N–H and O–H groups in total. The van der Waals surface area contributed by atoms with Gasteiger partial charge in [-0.2, -0.15) is 0 Å². The van der Waals surface area contributed by atoms with Gasteiger partial charge in [-0.25, -0.2) is 12.7 Å². The fourth-order valence-electron chi connectivity index (χ4n) is 3.10. The summed E-state index contributed by atoms with van der Waals surface area (Å²) < 4.78 is 35.8. The van der Waals surface area contributed by atoms with Gasteiger partial charge < -0.3 is 20.1 Å². The molecule has 1 saturated heterocycles. The Labute approximate surface area is 168 Å². The summed E-state index contributed by atoms with van der Waals surface area (Å²) in [4.78, 5) is 4.25. The van der Waals surface area contributed by atoms with Gasteiger partial charge in [-0.1, -0.05) is 6.07 Å². The number of rotatable bonds is 8. The van der Waals surface area contributed by atoms with E-state index in [9.17, 15) is 8.42 Å². The van der Waals surface area contributed by atoms with Crippen LogP contribution in [0.1, 0.15) is 19.8 Å². The van der Waals surface area contributed by atoms with Crippen molar-refractivity contribution in [3.05, 3.63) is 24.3 Å². The molecule has 0 amide bonds. The number of hydrogen-bond acceptors (Lipinski definition) is 5. The minimum atomic E-state index is -3.08. The summed E-state index contributed by atoms with van der Waals surface area (Å²) in [5.74, 6) is 2.67. The molecule has 0 aliphatic carbocycles. The molecule has 28 heavy (non-hydrogen) atoms. The Balaban J connectivity index is 1.71. The van der Waals surface area contributed by atoms with Gasteiger partial charge in [0.1, 0.15) is 17.6 Å². The van der Waals surface area contributed by atoms with E-state index in [-0.39, 0.29) is 6.10 Å². The van der Waals surface area contributed by atoms with E-state index in [1.54, 1.807) is 18.5 Å². The van der Waals surface area contributed by atoms with Crippen molar-refractivity contribution in [1.29, 1.82) is 0 Å². The Kier molecular flexibility index (Phi) is 8.37. The van der Waals surface area contributed by atoms with Crippen LogP contribution >= 0.6 is 0 Å². The summed E-state index contributed by atoms with van der Waals surface area (Å²) in [6, 6.07) is 7.52. The third kappa shape index (κ3) is 7.20. The number of benzene rings is 1. The van der Waals surface area contributed by atoms with Gasteiger partial charge in [-0.05, 0) is 37.8 Å². The first kappa shape index (κ1) is 22.3. The van der Waals surface area contributed by atoms with Gasteiger partial charge in [0.15, 0.2) is 5.96 Å². The molecule has 1 fully saturated rings. The standard InChI is InChI=1S/C19H32N4O4S/c1-15(27-18-7-5-6-17(12-18)26-3)13-21-19(20-2)22-14-16-8-10-23(11-9-16)28(4,24)25/h5-7,12,15-16H,8-11,13-14H2,1-4H3,(H2,20,21,22). The molecule has 0 saturated carbocycles. The Morgan fingerprint density at radius 2 is 1.96 bits per heavy atom. The van der Waals surface area contributed by atoms with Gasteiger partial charge in [0.2, 0.25) is 10.0 Å². The Hall–Kier alpha value is -2.00. The summed E-state index contributed by atoms with van der Waals surface area (Å²) in [6.07, 6.45) is 2.92. The summed E-state index contributed by atoms with van der Waals surface area (Å²) in [6.45, 7) is 4.53. The summed E-state index contributed by atoms with van der Waals surface area (Å²) >= 11 is 0. The molecule has 0 radical (unpaired) electrons. The van der Waals surface area contributed by atoms with Gasteiger partial charge >= 0.3 is 0 Å². The Bertz CT molecular complexity index is 746. The predicted octanol–water partition coefficient (Wildman–Crippen LogP) is 1.30. The lowest BCUT2D eigenvalue weighted by molar-refractivity contribution is 0.222. The van der Waals surface area contributed by atoms with Crippen LogP contribution < -0.4 is 20.1 Å². The van der Waals surface area contributed by atoms with E-state index < -0.39 is 10.0 Å². The maximum Gasteiger partial charge on any atom is 0.211 e. The van der Waals surface area contributed by atoms with Crippen LogP contribution in [0.2, 0.25) is 0 Å². The minimum Gasteiger partial charge on any atom is -0.497 e. The molecule has 2 rings (SSSR count). The SMILES string of the molecule is CN=C(NCC1CCN(S(C)(=O)=O)CC1)NCC(C)Oc1cccc(OC)c1. The Morgan fingerprint density at radius 1 is 1.29 bits per heavy atom. The molecule has 1 aromatic carbocycles. The van der Waals surface area contributed by atoms with Crippen molar-refractivity contribution in [2.45, 2.75) is 25.9 Å². The predicted molar refractivity (Wildman–Crippen MR) is 112 cm³/mol.